The lowest BCUT2D eigenvalue weighted by Crippen LogP contribution is -2.42. The summed E-state index contributed by atoms with van der Waals surface area (Å²) in [4.78, 5) is 5.68. The quantitative estimate of drug-likeness (QED) is 0.795. The van der Waals surface area contributed by atoms with Gasteiger partial charge in [0.25, 0.3) is 0 Å². The molecule has 20 heavy (non-hydrogen) atoms. The van der Waals surface area contributed by atoms with Crippen LogP contribution in [0.25, 0.3) is 0 Å². The molecule has 0 aromatic carbocycles. The van der Waals surface area contributed by atoms with Crippen LogP contribution in [0.15, 0.2) is 29.9 Å². The highest BCUT2D eigenvalue weighted by Gasteiger charge is 2.25. The Bertz CT molecular complexity index is 508. The minimum Gasteiger partial charge on any atom is -0.354 e. The first-order valence-electron chi connectivity index (χ1n) is 6.49. The molecule has 110 valence electrons. The fourth-order valence-corrected chi connectivity index (χ4v) is 3.02. The SMILES string of the molecule is COC(OC)C(C)NC(c1cccs1)c1nccn1C. The lowest BCUT2D eigenvalue weighted by molar-refractivity contribution is -0.120. The van der Waals surface area contributed by atoms with Crippen molar-refractivity contribution in [3.8, 4) is 0 Å². The molecule has 0 bridgehead atoms. The van der Waals surface area contributed by atoms with Gasteiger partial charge in [0.15, 0.2) is 6.29 Å². The fourth-order valence-electron chi connectivity index (χ4n) is 2.24. The van der Waals surface area contributed by atoms with Gasteiger partial charge in [0.2, 0.25) is 0 Å². The Morgan fingerprint density at radius 1 is 1.35 bits per heavy atom. The van der Waals surface area contributed by atoms with Crippen molar-refractivity contribution < 1.29 is 9.47 Å². The number of nitrogens with zero attached hydrogens (tertiary/aromatic N) is 2. The average molecular weight is 295 g/mol. The molecule has 2 heterocycles. The van der Waals surface area contributed by atoms with Crippen molar-refractivity contribution in [1.82, 2.24) is 14.9 Å². The van der Waals surface area contributed by atoms with Gasteiger partial charge in [-0.15, -0.1) is 11.3 Å². The molecule has 0 radical (unpaired) electrons. The van der Waals surface area contributed by atoms with Crippen LogP contribution >= 0.6 is 11.3 Å². The smallest absolute Gasteiger partial charge is 0.171 e. The molecule has 0 aliphatic heterocycles. The van der Waals surface area contributed by atoms with Crippen LogP contribution < -0.4 is 5.32 Å². The topological polar surface area (TPSA) is 48.3 Å². The summed E-state index contributed by atoms with van der Waals surface area (Å²) in [6.45, 7) is 2.04. The molecule has 2 aromatic heterocycles. The summed E-state index contributed by atoms with van der Waals surface area (Å²) < 4.78 is 12.7. The highest BCUT2D eigenvalue weighted by molar-refractivity contribution is 7.10. The summed E-state index contributed by atoms with van der Waals surface area (Å²) in [6, 6.07) is 4.22. The van der Waals surface area contributed by atoms with Gasteiger partial charge in [-0.05, 0) is 18.4 Å². The first-order valence-corrected chi connectivity index (χ1v) is 7.37. The molecule has 0 aliphatic carbocycles. The van der Waals surface area contributed by atoms with E-state index in [9.17, 15) is 0 Å². The van der Waals surface area contributed by atoms with Crippen molar-refractivity contribution >= 4 is 11.3 Å². The number of rotatable bonds is 7. The summed E-state index contributed by atoms with van der Waals surface area (Å²) in [5.41, 5.74) is 0. The summed E-state index contributed by atoms with van der Waals surface area (Å²) in [6.07, 6.45) is 3.47. The van der Waals surface area contributed by atoms with Crippen LogP contribution in [-0.4, -0.2) is 36.1 Å². The first-order chi connectivity index (χ1) is 9.67. The molecular formula is C14H21N3O2S. The van der Waals surface area contributed by atoms with Gasteiger partial charge in [-0.2, -0.15) is 0 Å². The monoisotopic (exact) mass is 295 g/mol. The Balaban J connectivity index is 2.23. The summed E-state index contributed by atoms with van der Waals surface area (Å²) in [5, 5.41) is 5.61. The summed E-state index contributed by atoms with van der Waals surface area (Å²) in [7, 11) is 5.29. The van der Waals surface area contributed by atoms with Crippen LogP contribution in [0.4, 0.5) is 0 Å². The zero-order valence-electron chi connectivity index (χ0n) is 12.2. The van der Waals surface area contributed by atoms with Crippen LogP contribution in [0.3, 0.4) is 0 Å². The number of imidazole rings is 1. The van der Waals surface area contributed by atoms with E-state index >= 15 is 0 Å². The van der Waals surface area contributed by atoms with Crippen LogP contribution in [0.2, 0.25) is 0 Å². The normalized spacial score (nSPS) is 14.7. The van der Waals surface area contributed by atoms with Crippen molar-refractivity contribution in [2.24, 2.45) is 7.05 Å². The second kappa shape index (κ2) is 6.99. The summed E-state index contributed by atoms with van der Waals surface area (Å²) >= 11 is 1.71. The minimum atomic E-state index is -0.294. The number of ether oxygens (including phenoxy) is 2. The maximum Gasteiger partial charge on any atom is 0.171 e. The molecule has 2 rings (SSSR count). The van der Waals surface area contributed by atoms with E-state index in [2.05, 4.69) is 21.7 Å². The minimum absolute atomic E-state index is 0.0257. The predicted molar refractivity (Wildman–Crippen MR) is 79.8 cm³/mol. The molecule has 0 aliphatic rings. The van der Waals surface area contributed by atoms with Crippen molar-refractivity contribution in [2.75, 3.05) is 14.2 Å². The van der Waals surface area contributed by atoms with E-state index in [1.807, 2.05) is 37.0 Å². The molecule has 1 N–H and O–H groups in total. The number of aryl methyl sites for hydroxylation is 1. The van der Waals surface area contributed by atoms with Crippen LogP contribution in [0.1, 0.15) is 23.7 Å². The van der Waals surface area contributed by atoms with E-state index in [0.29, 0.717) is 0 Å². The van der Waals surface area contributed by atoms with E-state index in [1.54, 1.807) is 25.6 Å². The average Bonchev–Trinajstić information content (AvgIpc) is 3.09. The third kappa shape index (κ3) is 3.27. The molecule has 5 nitrogen and oxygen atoms in total. The second-order valence-electron chi connectivity index (χ2n) is 4.64. The van der Waals surface area contributed by atoms with Gasteiger partial charge in [-0.25, -0.2) is 4.98 Å². The van der Waals surface area contributed by atoms with Crippen molar-refractivity contribution in [3.63, 3.8) is 0 Å². The number of hydrogen-bond donors (Lipinski definition) is 1. The Morgan fingerprint density at radius 2 is 2.10 bits per heavy atom. The van der Waals surface area contributed by atoms with Gasteiger partial charge in [0.1, 0.15) is 11.9 Å². The van der Waals surface area contributed by atoms with Crippen molar-refractivity contribution in [1.29, 1.82) is 0 Å². The van der Waals surface area contributed by atoms with E-state index in [1.165, 1.54) is 4.88 Å². The highest BCUT2D eigenvalue weighted by Crippen LogP contribution is 2.25. The number of nitrogens with one attached hydrogen (secondary N) is 1. The van der Waals surface area contributed by atoms with Gasteiger partial charge in [0, 0.05) is 38.5 Å². The van der Waals surface area contributed by atoms with Gasteiger partial charge < -0.3 is 14.0 Å². The van der Waals surface area contributed by atoms with Gasteiger partial charge in [-0.3, -0.25) is 5.32 Å². The third-order valence-electron chi connectivity index (χ3n) is 3.25. The molecule has 0 fully saturated rings. The standard InChI is InChI=1S/C14H21N3O2S/c1-10(14(18-3)19-4)16-12(11-6-5-9-20-11)13-15-7-8-17(13)2/h5-10,12,14,16H,1-4H3. The fraction of sp³-hybridized carbons (Fsp3) is 0.500. The number of aromatic nitrogens is 2. The molecule has 2 unspecified atom stereocenters. The molecule has 0 saturated heterocycles. The lowest BCUT2D eigenvalue weighted by Gasteiger charge is -2.27. The van der Waals surface area contributed by atoms with Gasteiger partial charge >= 0.3 is 0 Å². The maximum absolute atomic E-state index is 5.32. The molecule has 0 saturated carbocycles. The second-order valence-corrected chi connectivity index (χ2v) is 5.62. The lowest BCUT2D eigenvalue weighted by atomic mass is 10.2. The van der Waals surface area contributed by atoms with Gasteiger partial charge in [-0.1, -0.05) is 6.07 Å². The molecule has 2 atom stereocenters. The van der Waals surface area contributed by atoms with E-state index < -0.39 is 0 Å². The van der Waals surface area contributed by atoms with E-state index in [0.717, 1.165) is 5.82 Å². The number of thiophene rings is 1. The zero-order chi connectivity index (χ0) is 14.5. The zero-order valence-corrected chi connectivity index (χ0v) is 13.1. The van der Waals surface area contributed by atoms with Crippen molar-refractivity contribution in [2.45, 2.75) is 25.3 Å². The van der Waals surface area contributed by atoms with Crippen LogP contribution in [-0.2, 0) is 16.5 Å². The van der Waals surface area contributed by atoms with Crippen LogP contribution in [0, 0.1) is 0 Å². The third-order valence-corrected chi connectivity index (χ3v) is 4.18. The number of hydrogen-bond acceptors (Lipinski definition) is 5. The molecule has 2 aromatic rings. The molecule has 0 amide bonds. The first kappa shape index (κ1) is 15.2. The Morgan fingerprint density at radius 3 is 2.60 bits per heavy atom. The van der Waals surface area contributed by atoms with E-state index in [4.69, 9.17) is 9.47 Å². The molecular weight excluding hydrogens is 274 g/mol. The van der Waals surface area contributed by atoms with E-state index in [-0.39, 0.29) is 18.4 Å². The Hall–Kier alpha value is -1.21. The maximum atomic E-state index is 5.32. The molecule has 6 heteroatoms. The summed E-state index contributed by atoms with van der Waals surface area (Å²) in [5.74, 6) is 0.977. The predicted octanol–water partition coefficient (Wildman–Crippen LogP) is 2.17. The highest BCUT2D eigenvalue weighted by atomic mass is 32.1. The Labute approximate surface area is 123 Å². The largest absolute Gasteiger partial charge is 0.354 e. The number of methoxy groups -OCH3 is 2. The Kier molecular flexibility index (Phi) is 5.31. The van der Waals surface area contributed by atoms with Crippen molar-refractivity contribution in [3.05, 3.63) is 40.6 Å². The van der Waals surface area contributed by atoms with Gasteiger partial charge in [0.05, 0.1) is 6.04 Å². The van der Waals surface area contributed by atoms with Crippen LogP contribution in [0.5, 0.6) is 0 Å². The molecule has 0 spiro atoms.